The second-order valence-corrected chi connectivity index (χ2v) is 5.79. The maximum Gasteiger partial charge on any atom is 0.260 e. The Morgan fingerprint density at radius 3 is 2.52 bits per heavy atom. The Kier molecular flexibility index (Phi) is 3.76. The predicted octanol–water partition coefficient (Wildman–Crippen LogP) is 3.54. The fourth-order valence-corrected chi connectivity index (χ4v) is 2.93. The van der Waals surface area contributed by atoms with Gasteiger partial charge in [-0.15, -0.1) is 0 Å². The number of hydrogen-bond donors (Lipinski definition) is 0. The molecule has 0 aliphatic carbocycles. The SMILES string of the molecule is O=C1CC(c2noc(-c3ccccc3F)n2)CN1c1ccccc1F. The Morgan fingerprint density at radius 2 is 1.76 bits per heavy atom. The number of rotatable bonds is 3. The first-order chi connectivity index (χ1) is 12.1. The first-order valence-corrected chi connectivity index (χ1v) is 7.77. The monoisotopic (exact) mass is 341 g/mol. The number of para-hydroxylation sites is 1. The Labute approximate surface area is 141 Å². The molecule has 2 heterocycles. The van der Waals surface area contributed by atoms with E-state index in [2.05, 4.69) is 10.1 Å². The highest BCUT2D eigenvalue weighted by atomic mass is 19.1. The van der Waals surface area contributed by atoms with Gasteiger partial charge in [0.05, 0.1) is 11.3 Å². The lowest BCUT2D eigenvalue weighted by atomic mass is 10.1. The van der Waals surface area contributed by atoms with E-state index in [1.54, 1.807) is 30.3 Å². The van der Waals surface area contributed by atoms with Crippen LogP contribution in [0.5, 0.6) is 0 Å². The maximum absolute atomic E-state index is 13.9. The summed E-state index contributed by atoms with van der Waals surface area (Å²) < 4.78 is 32.9. The smallest absolute Gasteiger partial charge is 0.260 e. The fourth-order valence-electron chi connectivity index (χ4n) is 2.93. The lowest BCUT2D eigenvalue weighted by molar-refractivity contribution is -0.117. The van der Waals surface area contributed by atoms with E-state index in [4.69, 9.17) is 4.52 Å². The zero-order chi connectivity index (χ0) is 17.4. The molecule has 7 heteroatoms. The second kappa shape index (κ2) is 6.08. The number of amides is 1. The molecule has 4 rings (SSSR count). The van der Waals surface area contributed by atoms with Gasteiger partial charge < -0.3 is 9.42 Å². The van der Waals surface area contributed by atoms with Crippen LogP contribution < -0.4 is 4.90 Å². The van der Waals surface area contributed by atoms with Gasteiger partial charge >= 0.3 is 0 Å². The van der Waals surface area contributed by atoms with Crippen molar-refractivity contribution in [1.82, 2.24) is 10.1 Å². The molecule has 1 amide bonds. The molecule has 0 N–H and O–H groups in total. The quantitative estimate of drug-likeness (QED) is 0.731. The van der Waals surface area contributed by atoms with Crippen molar-refractivity contribution in [1.29, 1.82) is 0 Å². The number of halogens is 2. The Balaban J connectivity index is 1.59. The number of anilines is 1. The van der Waals surface area contributed by atoms with Crippen LogP contribution in [0.1, 0.15) is 18.2 Å². The summed E-state index contributed by atoms with van der Waals surface area (Å²) in [6.45, 7) is 0.246. The number of aromatic nitrogens is 2. The summed E-state index contributed by atoms with van der Waals surface area (Å²) in [5.41, 5.74) is 0.435. The highest BCUT2D eigenvalue weighted by Gasteiger charge is 2.35. The van der Waals surface area contributed by atoms with Gasteiger partial charge in [-0.25, -0.2) is 8.78 Å². The topological polar surface area (TPSA) is 59.2 Å². The first kappa shape index (κ1) is 15.4. The molecule has 1 fully saturated rings. The average Bonchev–Trinajstić information content (AvgIpc) is 3.23. The van der Waals surface area contributed by atoms with Crippen molar-refractivity contribution in [2.45, 2.75) is 12.3 Å². The van der Waals surface area contributed by atoms with Crippen molar-refractivity contribution in [2.75, 3.05) is 11.4 Å². The first-order valence-electron chi connectivity index (χ1n) is 7.77. The third-order valence-corrected chi connectivity index (χ3v) is 4.18. The Hall–Kier alpha value is -3.09. The van der Waals surface area contributed by atoms with E-state index in [0.717, 1.165) is 0 Å². The van der Waals surface area contributed by atoms with Crippen LogP contribution in [0.2, 0.25) is 0 Å². The van der Waals surface area contributed by atoms with Crippen LogP contribution in [0.3, 0.4) is 0 Å². The molecular formula is C18H13F2N3O2. The van der Waals surface area contributed by atoms with Gasteiger partial charge in [0.2, 0.25) is 5.91 Å². The van der Waals surface area contributed by atoms with E-state index < -0.39 is 11.6 Å². The predicted molar refractivity (Wildman–Crippen MR) is 85.8 cm³/mol. The molecular weight excluding hydrogens is 328 g/mol. The minimum absolute atomic E-state index is 0.0601. The number of nitrogens with zero attached hydrogens (tertiary/aromatic N) is 3. The second-order valence-electron chi connectivity index (χ2n) is 5.79. The molecule has 0 radical (unpaired) electrons. The van der Waals surface area contributed by atoms with Crippen molar-refractivity contribution in [3.05, 3.63) is 66.0 Å². The molecule has 5 nitrogen and oxygen atoms in total. The summed E-state index contributed by atoms with van der Waals surface area (Å²) in [5, 5.41) is 3.88. The highest BCUT2D eigenvalue weighted by Crippen LogP contribution is 2.32. The van der Waals surface area contributed by atoms with Crippen LogP contribution in [0.15, 0.2) is 53.1 Å². The van der Waals surface area contributed by atoms with Gasteiger partial charge in [-0.2, -0.15) is 4.98 Å². The van der Waals surface area contributed by atoms with Gasteiger partial charge in [-0.1, -0.05) is 29.4 Å². The van der Waals surface area contributed by atoms with Gasteiger partial charge in [0.15, 0.2) is 5.82 Å². The molecule has 126 valence electrons. The lowest BCUT2D eigenvalue weighted by Gasteiger charge is -2.16. The highest BCUT2D eigenvalue weighted by molar-refractivity contribution is 5.96. The van der Waals surface area contributed by atoms with Crippen LogP contribution in [0, 0.1) is 11.6 Å². The third-order valence-electron chi connectivity index (χ3n) is 4.18. The summed E-state index contributed by atoms with van der Waals surface area (Å²) in [6.07, 6.45) is 0.143. The number of carbonyl (C=O) groups excluding carboxylic acids is 1. The number of hydrogen-bond acceptors (Lipinski definition) is 4. The summed E-state index contributed by atoms with van der Waals surface area (Å²) >= 11 is 0. The molecule has 2 aromatic carbocycles. The molecule has 1 saturated heterocycles. The normalized spacial score (nSPS) is 17.3. The van der Waals surface area contributed by atoms with Crippen LogP contribution in [-0.4, -0.2) is 22.6 Å². The Morgan fingerprint density at radius 1 is 1.04 bits per heavy atom. The minimum atomic E-state index is -0.465. The molecule has 25 heavy (non-hydrogen) atoms. The van der Waals surface area contributed by atoms with Gasteiger partial charge in [0, 0.05) is 18.9 Å². The van der Waals surface area contributed by atoms with Crippen molar-refractivity contribution in [3.63, 3.8) is 0 Å². The molecule has 1 aromatic heterocycles. The number of carbonyl (C=O) groups is 1. The van der Waals surface area contributed by atoms with Crippen LogP contribution >= 0.6 is 0 Å². The van der Waals surface area contributed by atoms with Crippen molar-refractivity contribution >= 4 is 11.6 Å². The van der Waals surface area contributed by atoms with Crippen molar-refractivity contribution in [2.24, 2.45) is 0 Å². The largest absolute Gasteiger partial charge is 0.334 e. The van der Waals surface area contributed by atoms with E-state index in [0.29, 0.717) is 5.82 Å². The maximum atomic E-state index is 13.9. The molecule has 0 saturated carbocycles. The number of benzene rings is 2. The van der Waals surface area contributed by atoms with Crippen LogP contribution in [0.25, 0.3) is 11.5 Å². The van der Waals surface area contributed by atoms with Crippen LogP contribution in [0.4, 0.5) is 14.5 Å². The van der Waals surface area contributed by atoms with Crippen LogP contribution in [-0.2, 0) is 4.79 Å². The molecule has 0 spiro atoms. The Bertz CT molecular complexity index is 941. The lowest BCUT2D eigenvalue weighted by Crippen LogP contribution is -2.25. The molecule has 3 aromatic rings. The molecule has 1 aliphatic heterocycles. The molecule has 1 unspecified atom stereocenters. The van der Waals surface area contributed by atoms with E-state index in [1.165, 1.54) is 23.1 Å². The molecule has 1 atom stereocenters. The minimum Gasteiger partial charge on any atom is -0.334 e. The zero-order valence-electron chi connectivity index (χ0n) is 13.0. The van der Waals surface area contributed by atoms with Crippen molar-refractivity contribution < 1.29 is 18.1 Å². The van der Waals surface area contributed by atoms with E-state index in [-0.39, 0.29) is 41.9 Å². The summed E-state index contributed by atoms with van der Waals surface area (Å²) in [4.78, 5) is 17.8. The zero-order valence-corrected chi connectivity index (χ0v) is 13.0. The van der Waals surface area contributed by atoms with E-state index in [1.807, 2.05) is 0 Å². The summed E-state index contributed by atoms with van der Waals surface area (Å²) in [7, 11) is 0. The van der Waals surface area contributed by atoms with Gasteiger partial charge in [0.25, 0.3) is 5.89 Å². The fraction of sp³-hybridized carbons (Fsp3) is 0.167. The van der Waals surface area contributed by atoms with E-state index >= 15 is 0 Å². The summed E-state index contributed by atoms with van der Waals surface area (Å²) in [5.74, 6) is -1.11. The molecule has 1 aliphatic rings. The standard InChI is InChI=1S/C18H13F2N3O2/c19-13-6-2-1-5-12(13)18-21-17(22-25-18)11-9-16(24)23(10-11)15-8-4-3-7-14(15)20/h1-8,11H,9-10H2. The van der Waals surface area contributed by atoms with Crippen molar-refractivity contribution in [3.8, 4) is 11.5 Å². The van der Waals surface area contributed by atoms with Gasteiger partial charge in [-0.05, 0) is 24.3 Å². The molecule has 0 bridgehead atoms. The summed E-state index contributed by atoms with van der Waals surface area (Å²) in [6, 6.07) is 12.2. The third kappa shape index (κ3) is 2.77. The average molecular weight is 341 g/mol. The van der Waals surface area contributed by atoms with Gasteiger partial charge in [0.1, 0.15) is 11.6 Å². The van der Waals surface area contributed by atoms with E-state index in [9.17, 15) is 13.6 Å². The van der Waals surface area contributed by atoms with Gasteiger partial charge in [-0.3, -0.25) is 4.79 Å².